The van der Waals surface area contributed by atoms with Crippen molar-refractivity contribution < 1.29 is 19.7 Å². The molecule has 0 unspecified atom stereocenters. The summed E-state index contributed by atoms with van der Waals surface area (Å²) in [6, 6.07) is 0. The number of aromatic nitrogens is 3. The van der Waals surface area contributed by atoms with Crippen molar-refractivity contribution in [2.75, 3.05) is 19.7 Å². The van der Waals surface area contributed by atoms with Gasteiger partial charge < -0.3 is 24.4 Å². The normalized spacial score (nSPS) is 27.0. The minimum Gasteiger partial charge on any atom is -0.390 e. The topological polar surface area (TPSA) is 92.2 Å². The minimum absolute atomic E-state index is 0.0625. The van der Waals surface area contributed by atoms with Crippen LogP contribution in [0.4, 0.5) is 0 Å². The average Bonchev–Trinajstić information content (AvgIpc) is 3.16. The molecule has 2 fully saturated rings. The summed E-state index contributed by atoms with van der Waals surface area (Å²) in [4.78, 5) is 14.6. The van der Waals surface area contributed by atoms with Crippen LogP contribution >= 0.6 is 0 Å². The molecule has 2 N–H and O–H groups in total. The first-order valence-corrected chi connectivity index (χ1v) is 8.30. The molecule has 0 bridgehead atoms. The summed E-state index contributed by atoms with van der Waals surface area (Å²) in [5.74, 6) is -0.0625. The molecule has 1 amide bonds. The summed E-state index contributed by atoms with van der Waals surface area (Å²) in [5, 5.41) is 24.4. The van der Waals surface area contributed by atoms with Gasteiger partial charge in [0.25, 0.3) is 5.91 Å². The summed E-state index contributed by atoms with van der Waals surface area (Å²) in [6.07, 6.45) is 5.12. The lowest BCUT2D eigenvalue weighted by Crippen LogP contribution is -2.60. The Morgan fingerprint density at radius 3 is 2.83 bits per heavy atom. The van der Waals surface area contributed by atoms with Crippen molar-refractivity contribution in [1.82, 2.24) is 19.1 Å². The Morgan fingerprint density at radius 2 is 2.08 bits per heavy atom. The number of likely N-dealkylation sites (tertiary alicyclic amines) is 1. The van der Waals surface area contributed by atoms with Crippen molar-refractivity contribution in [2.45, 2.75) is 37.1 Å². The fraction of sp³-hybridized carbons (Fsp3) is 0.625. The number of hydrogen-bond donors (Lipinski definition) is 2. The third-order valence-corrected chi connectivity index (χ3v) is 5.37. The number of amides is 1. The van der Waals surface area contributed by atoms with E-state index in [1.54, 1.807) is 15.6 Å². The van der Waals surface area contributed by atoms with E-state index in [0.717, 1.165) is 5.65 Å². The van der Waals surface area contributed by atoms with Gasteiger partial charge in [0.1, 0.15) is 17.3 Å². The van der Waals surface area contributed by atoms with E-state index in [1.165, 1.54) is 0 Å². The van der Waals surface area contributed by atoms with E-state index < -0.39 is 17.8 Å². The zero-order chi connectivity index (χ0) is 16.9. The second kappa shape index (κ2) is 5.58. The molecule has 2 aromatic rings. The number of fused-ring (bicyclic) bond motifs is 1. The van der Waals surface area contributed by atoms with Crippen molar-refractivity contribution in [3.05, 3.63) is 24.2 Å². The van der Waals surface area contributed by atoms with Crippen LogP contribution in [-0.4, -0.2) is 72.7 Å². The standard InChI is InChI=1S/C16H22N4O4/c1-18-7-8-20-14(18)11(10-17-20)15(23)19-5-3-16(4-6-19)13(22)12(21)2-9-24-16/h7-8,10,12-13,21-22H,2-6,9H2,1H3/t12-,13-/m0/s1. The van der Waals surface area contributed by atoms with E-state index in [4.69, 9.17) is 4.74 Å². The molecule has 1 spiro atoms. The maximum Gasteiger partial charge on any atom is 0.259 e. The highest BCUT2D eigenvalue weighted by molar-refractivity contribution is 5.99. The van der Waals surface area contributed by atoms with E-state index in [9.17, 15) is 15.0 Å². The van der Waals surface area contributed by atoms with Gasteiger partial charge >= 0.3 is 0 Å². The molecule has 2 aromatic heterocycles. The van der Waals surface area contributed by atoms with E-state index in [2.05, 4.69) is 5.10 Å². The first kappa shape index (κ1) is 15.6. The molecular weight excluding hydrogens is 312 g/mol. The Balaban J connectivity index is 1.51. The van der Waals surface area contributed by atoms with Gasteiger partial charge in [-0.2, -0.15) is 5.10 Å². The van der Waals surface area contributed by atoms with Crippen LogP contribution in [0.1, 0.15) is 29.6 Å². The maximum absolute atomic E-state index is 12.8. The molecule has 24 heavy (non-hydrogen) atoms. The molecule has 8 heteroatoms. The number of aliphatic hydroxyl groups excluding tert-OH is 2. The summed E-state index contributed by atoms with van der Waals surface area (Å²) in [6.45, 7) is 1.42. The van der Waals surface area contributed by atoms with Gasteiger partial charge in [0.15, 0.2) is 0 Å². The number of imidazole rings is 1. The number of ether oxygens (including phenoxy) is 1. The fourth-order valence-corrected chi connectivity index (χ4v) is 3.88. The molecule has 4 heterocycles. The molecule has 0 saturated carbocycles. The predicted molar refractivity (Wildman–Crippen MR) is 84.6 cm³/mol. The molecule has 8 nitrogen and oxygen atoms in total. The quantitative estimate of drug-likeness (QED) is 0.753. The second-order valence-electron chi connectivity index (χ2n) is 6.74. The molecule has 0 radical (unpaired) electrons. The monoisotopic (exact) mass is 334 g/mol. The number of aryl methyl sites for hydroxylation is 1. The molecule has 2 saturated heterocycles. The third-order valence-electron chi connectivity index (χ3n) is 5.37. The third kappa shape index (κ3) is 2.25. The Hall–Kier alpha value is -1.90. The molecule has 130 valence electrons. The van der Waals surface area contributed by atoms with Gasteiger partial charge in [-0.1, -0.05) is 0 Å². The maximum atomic E-state index is 12.8. The molecule has 0 aromatic carbocycles. The molecule has 4 rings (SSSR count). The van der Waals surface area contributed by atoms with Crippen LogP contribution in [0.5, 0.6) is 0 Å². The predicted octanol–water partition coefficient (Wildman–Crippen LogP) is -0.210. The van der Waals surface area contributed by atoms with Crippen LogP contribution in [0, 0.1) is 0 Å². The highest BCUT2D eigenvalue weighted by Crippen LogP contribution is 2.35. The number of carbonyl (C=O) groups excluding carboxylic acids is 1. The van der Waals surface area contributed by atoms with E-state index in [0.29, 0.717) is 44.5 Å². The highest BCUT2D eigenvalue weighted by atomic mass is 16.5. The number of rotatable bonds is 1. The van der Waals surface area contributed by atoms with Crippen LogP contribution in [0.25, 0.3) is 5.65 Å². The van der Waals surface area contributed by atoms with Crippen LogP contribution in [0.15, 0.2) is 18.6 Å². The lowest BCUT2D eigenvalue weighted by molar-refractivity contribution is -0.212. The molecule has 2 atom stereocenters. The summed E-state index contributed by atoms with van der Waals surface area (Å²) >= 11 is 0. The zero-order valence-electron chi connectivity index (χ0n) is 13.6. The van der Waals surface area contributed by atoms with Gasteiger partial charge in [0.05, 0.1) is 24.5 Å². The van der Waals surface area contributed by atoms with Crippen molar-refractivity contribution in [3.8, 4) is 0 Å². The minimum atomic E-state index is -0.890. The highest BCUT2D eigenvalue weighted by Gasteiger charge is 2.48. The Kier molecular flexibility index (Phi) is 3.63. The van der Waals surface area contributed by atoms with Crippen molar-refractivity contribution >= 4 is 11.6 Å². The lowest BCUT2D eigenvalue weighted by Gasteiger charge is -2.48. The first-order chi connectivity index (χ1) is 11.5. The van der Waals surface area contributed by atoms with Crippen molar-refractivity contribution in [2.24, 2.45) is 7.05 Å². The smallest absolute Gasteiger partial charge is 0.259 e. The number of hydrogen-bond acceptors (Lipinski definition) is 5. The fourth-order valence-electron chi connectivity index (χ4n) is 3.88. The molecular formula is C16H22N4O4. The Labute approximate surface area is 139 Å². The number of carbonyl (C=O) groups is 1. The van der Waals surface area contributed by atoms with Crippen LogP contribution < -0.4 is 0 Å². The van der Waals surface area contributed by atoms with Gasteiger partial charge in [-0.25, -0.2) is 4.52 Å². The largest absolute Gasteiger partial charge is 0.390 e. The summed E-state index contributed by atoms with van der Waals surface area (Å²) < 4.78 is 9.37. The Bertz CT molecular complexity index is 759. The molecule has 2 aliphatic heterocycles. The molecule has 2 aliphatic rings. The number of piperidine rings is 1. The first-order valence-electron chi connectivity index (χ1n) is 8.30. The Morgan fingerprint density at radius 1 is 1.33 bits per heavy atom. The average molecular weight is 334 g/mol. The van der Waals surface area contributed by atoms with Crippen molar-refractivity contribution in [3.63, 3.8) is 0 Å². The number of nitrogens with zero attached hydrogens (tertiary/aromatic N) is 4. The van der Waals surface area contributed by atoms with E-state index in [-0.39, 0.29) is 5.91 Å². The summed E-state index contributed by atoms with van der Waals surface area (Å²) in [5.41, 5.74) is 0.613. The van der Waals surface area contributed by atoms with E-state index in [1.807, 2.05) is 24.0 Å². The SMILES string of the molecule is Cn1ccn2ncc(C(=O)N3CCC4(CC3)OCC[C@H](O)[C@@H]4O)c12. The van der Waals surface area contributed by atoms with Gasteiger partial charge in [0, 0.05) is 32.5 Å². The van der Waals surface area contributed by atoms with Gasteiger partial charge in [0.2, 0.25) is 0 Å². The van der Waals surface area contributed by atoms with Gasteiger partial charge in [-0.3, -0.25) is 4.79 Å². The molecule has 0 aliphatic carbocycles. The van der Waals surface area contributed by atoms with Crippen molar-refractivity contribution in [1.29, 1.82) is 0 Å². The number of aliphatic hydroxyl groups is 2. The van der Waals surface area contributed by atoms with Crippen LogP contribution in [0.3, 0.4) is 0 Å². The summed E-state index contributed by atoms with van der Waals surface area (Å²) in [7, 11) is 1.88. The van der Waals surface area contributed by atoms with Gasteiger partial charge in [-0.15, -0.1) is 0 Å². The van der Waals surface area contributed by atoms with Crippen LogP contribution in [0.2, 0.25) is 0 Å². The second-order valence-corrected chi connectivity index (χ2v) is 6.74. The zero-order valence-corrected chi connectivity index (χ0v) is 13.6. The van der Waals surface area contributed by atoms with E-state index >= 15 is 0 Å². The van der Waals surface area contributed by atoms with Crippen LogP contribution in [-0.2, 0) is 11.8 Å². The van der Waals surface area contributed by atoms with Gasteiger partial charge in [-0.05, 0) is 19.3 Å². The lowest BCUT2D eigenvalue weighted by atomic mass is 9.80.